The lowest BCUT2D eigenvalue weighted by Crippen LogP contribution is -2.16. The van der Waals surface area contributed by atoms with Gasteiger partial charge in [-0.25, -0.2) is 4.39 Å². The fourth-order valence-electron chi connectivity index (χ4n) is 1.75. The van der Waals surface area contributed by atoms with Crippen LogP contribution in [0, 0.1) is 5.82 Å². The molecule has 2 aromatic rings. The molecule has 1 aromatic heterocycles. The Morgan fingerprint density at radius 1 is 1.47 bits per heavy atom. The Morgan fingerprint density at radius 3 is 3.00 bits per heavy atom. The number of halogens is 1. The maximum absolute atomic E-state index is 13.8. The minimum absolute atomic E-state index is 0.188. The Kier molecular flexibility index (Phi) is 3.16. The second-order valence-electron chi connectivity index (χ2n) is 4.52. The van der Waals surface area contributed by atoms with E-state index in [2.05, 4.69) is 15.5 Å². The lowest BCUT2D eigenvalue weighted by atomic mass is 10.2. The Bertz CT molecular complexity index is 581. The maximum Gasteiger partial charge on any atom is 0.260 e. The molecule has 0 atom stereocenters. The number of nitrogens with zero attached hydrogens (tertiary/aromatic N) is 2. The van der Waals surface area contributed by atoms with Crippen molar-refractivity contribution in [1.29, 1.82) is 0 Å². The minimum atomic E-state index is -0.440. The molecule has 0 radical (unpaired) electrons. The zero-order valence-electron chi connectivity index (χ0n) is 10.5. The van der Waals surface area contributed by atoms with Gasteiger partial charge in [0.25, 0.3) is 5.89 Å². The van der Waals surface area contributed by atoms with Crippen molar-refractivity contribution in [2.75, 3.05) is 7.11 Å². The van der Waals surface area contributed by atoms with Gasteiger partial charge >= 0.3 is 0 Å². The molecule has 5 nitrogen and oxygen atoms in total. The summed E-state index contributed by atoms with van der Waals surface area (Å²) >= 11 is 0. The Hall–Kier alpha value is -1.95. The van der Waals surface area contributed by atoms with Crippen LogP contribution in [0.5, 0.6) is 5.75 Å². The summed E-state index contributed by atoms with van der Waals surface area (Å²) in [5.41, 5.74) is 0.283. The standard InChI is InChI=1S/C13H14FN3O2/c1-18-9-4-5-10(11(14)6-9)13-16-12(17-19-13)7-15-8-2-3-8/h4-6,8,15H,2-3,7H2,1H3. The Morgan fingerprint density at radius 2 is 2.32 bits per heavy atom. The number of nitrogens with one attached hydrogen (secondary N) is 1. The maximum atomic E-state index is 13.8. The number of hydrogen-bond donors (Lipinski definition) is 1. The predicted molar refractivity (Wildman–Crippen MR) is 66.1 cm³/mol. The fraction of sp³-hybridized carbons (Fsp3) is 0.385. The Labute approximate surface area is 109 Å². The molecule has 0 saturated heterocycles. The molecule has 100 valence electrons. The summed E-state index contributed by atoms with van der Waals surface area (Å²) in [6.07, 6.45) is 2.38. The molecule has 0 bridgehead atoms. The first kappa shape index (κ1) is 12.1. The summed E-state index contributed by atoms with van der Waals surface area (Å²) in [4.78, 5) is 4.18. The third-order valence-electron chi connectivity index (χ3n) is 3.00. The number of ether oxygens (including phenoxy) is 1. The molecular weight excluding hydrogens is 249 g/mol. The van der Waals surface area contributed by atoms with Crippen molar-refractivity contribution in [2.45, 2.75) is 25.4 Å². The molecule has 1 aliphatic rings. The van der Waals surface area contributed by atoms with E-state index in [0.29, 0.717) is 24.2 Å². The van der Waals surface area contributed by atoms with E-state index in [9.17, 15) is 4.39 Å². The van der Waals surface area contributed by atoms with Crippen molar-refractivity contribution < 1.29 is 13.7 Å². The highest BCUT2D eigenvalue weighted by molar-refractivity contribution is 5.55. The molecule has 19 heavy (non-hydrogen) atoms. The lowest BCUT2D eigenvalue weighted by molar-refractivity contribution is 0.408. The molecule has 3 rings (SSSR count). The molecule has 0 amide bonds. The molecule has 1 N–H and O–H groups in total. The minimum Gasteiger partial charge on any atom is -0.497 e. The second-order valence-corrected chi connectivity index (χ2v) is 4.52. The summed E-state index contributed by atoms with van der Waals surface area (Å²) in [7, 11) is 1.49. The van der Waals surface area contributed by atoms with Crippen molar-refractivity contribution >= 4 is 0 Å². The summed E-state index contributed by atoms with van der Waals surface area (Å²) in [5, 5.41) is 7.10. The van der Waals surface area contributed by atoms with Gasteiger partial charge in [0.1, 0.15) is 11.6 Å². The first-order valence-electron chi connectivity index (χ1n) is 6.16. The van der Waals surface area contributed by atoms with Crippen molar-refractivity contribution in [3.63, 3.8) is 0 Å². The van der Waals surface area contributed by atoms with Gasteiger partial charge in [-0.05, 0) is 25.0 Å². The molecule has 1 fully saturated rings. The van der Waals surface area contributed by atoms with Gasteiger partial charge in [0, 0.05) is 12.1 Å². The normalized spacial score (nSPS) is 14.6. The van der Waals surface area contributed by atoms with Crippen LogP contribution in [0.15, 0.2) is 22.7 Å². The van der Waals surface area contributed by atoms with Gasteiger partial charge in [0.15, 0.2) is 5.82 Å². The van der Waals surface area contributed by atoms with E-state index < -0.39 is 5.82 Å². The van der Waals surface area contributed by atoms with Crippen LogP contribution in [0.3, 0.4) is 0 Å². The highest BCUT2D eigenvalue weighted by Gasteiger charge is 2.21. The summed E-state index contributed by atoms with van der Waals surface area (Å²) < 4.78 is 23.9. The van der Waals surface area contributed by atoms with Crippen LogP contribution in [0.1, 0.15) is 18.7 Å². The molecule has 0 spiro atoms. The average Bonchev–Trinajstić information content (AvgIpc) is 3.14. The van der Waals surface area contributed by atoms with E-state index in [0.717, 1.165) is 0 Å². The number of methoxy groups -OCH3 is 1. The van der Waals surface area contributed by atoms with E-state index in [1.807, 2.05) is 0 Å². The SMILES string of the molecule is COc1ccc(-c2nc(CNC3CC3)no2)c(F)c1. The number of hydrogen-bond acceptors (Lipinski definition) is 5. The van der Waals surface area contributed by atoms with Crippen LogP contribution in [-0.4, -0.2) is 23.3 Å². The van der Waals surface area contributed by atoms with Crippen molar-refractivity contribution in [3.8, 4) is 17.2 Å². The topological polar surface area (TPSA) is 60.2 Å². The van der Waals surface area contributed by atoms with Crippen molar-refractivity contribution in [2.24, 2.45) is 0 Å². The van der Waals surface area contributed by atoms with Crippen molar-refractivity contribution in [3.05, 3.63) is 29.8 Å². The van der Waals surface area contributed by atoms with Gasteiger partial charge in [-0.2, -0.15) is 4.98 Å². The van der Waals surface area contributed by atoms with Gasteiger partial charge in [0.2, 0.25) is 0 Å². The highest BCUT2D eigenvalue weighted by Crippen LogP contribution is 2.25. The van der Waals surface area contributed by atoms with E-state index >= 15 is 0 Å². The van der Waals surface area contributed by atoms with E-state index in [1.165, 1.54) is 26.0 Å². The largest absolute Gasteiger partial charge is 0.497 e. The number of aromatic nitrogens is 2. The summed E-state index contributed by atoms with van der Waals surface area (Å²) in [6, 6.07) is 5.09. The number of rotatable bonds is 5. The molecular formula is C13H14FN3O2. The average molecular weight is 263 g/mol. The Balaban J connectivity index is 1.77. The molecule has 1 saturated carbocycles. The molecule has 0 unspecified atom stereocenters. The van der Waals surface area contributed by atoms with E-state index in [4.69, 9.17) is 9.26 Å². The summed E-state index contributed by atoms with van der Waals surface area (Å²) in [6.45, 7) is 0.548. The van der Waals surface area contributed by atoms with Gasteiger partial charge in [-0.3, -0.25) is 0 Å². The quantitative estimate of drug-likeness (QED) is 0.895. The third kappa shape index (κ3) is 2.73. The van der Waals surface area contributed by atoms with Crippen LogP contribution < -0.4 is 10.1 Å². The van der Waals surface area contributed by atoms with Gasteiger partial charge in [-0.15, -0.1) is 0 Å². The highest BCUT2D eigenvalue weighted by atomic mass is 19.1. The third-order valence-corrected chi connectivity index (χ3v) is 3.00. The second kappa shape index (κ2) is 4.97. The van der Waals surface area contributed by atoms with Crippen molar-refractivity contribution in [1.82, 2.24) is 15.5 Å². The smallest absolute Gasteiger partial charge is 0.260 e. The summed E-state index contributed by atoms with van der Waals surface area (Å²) in [5.74, 6) is 0.742. The first-order chi connectivity index (χ1) is 9.26. The molecule has 1 aliphatic carbocycles. The van der Waals surface area contributed by atoms with Gasteiger partial charge < -0.3 is 14.6 Å². The van der Waals surface area contributed by atoms with E-state index in [-0.39, 0.29) is 11.5 Å². The molecule has 1 aromatic carbocycles. The molecule has 1 heterocycles. The van der Waals surface area contributed by atoms with Crippen LogP contribution in [0.25, 0.3) is 11.5 Å². The zero-order valence-corrected chi connectivity index (χ0v) is 10.5. The monoisotopic (exact) mass is 263 g/mol. The van der Waals surface area contributed by atoms with Gasteiger partial charge in [-0.1, -0.05) is 5.16 Å². The first-order valence-corrected chi connectivity index (χ1v) is 6.16. The van der Waals surface area contributed by atoms with Gasteiger partial charge in [0.05, 0.1) is 19.2 Å². The number of benzene rings is 1. The van der Waals surface area contributed by atoms with Crippen LogP contribution in [0.2, 0.25) is 0 Å². The van der Waals surface area contributed by atoms with E-state index in [1.54, 1.807) is 12.1 Å². The lowest BCUT2D eigenvalue weighted by Gasteiger charge is -2.01. The van der Waals surface area contributed by atoms with Crippen LogP contribution >= 0.6 is 0 Å². The molecule has 6 heteroatoms. The zero-order chi connectivity index (χ0) is 13.2. The van der Waals surface area contributed by atoms with Crippen LogP contribution in [0.4, 0.5) is 4.39 Å². The molecule has 0 aliphatic heterocycles. The predicted octanol–water partition coefficient (Wildman–Crippen LogP) is 2.14. The van der Waals surface area contributed by atoms with Crippen LogP contribution in [-0.2, 0) is 6.54 Å². The fourth-order valence-corrected chi connectivity index (χ4v) is 1.75.